The lowest BCUT2D eigenvalue weighted by Gasteiger charge is -2.11. The van der Waals surface area contributed by atoms with Gasteiger partial charge in [-0.2, -0.15) is 0 Å². The molecule has 0 saturated heterocycles. The van der Waals surface area contributed by atoms with Crippen LogP contribution in [0.5, 0.6) is 17.2 Å². The number of ether oxygens (including phenoxy) is 2. The summed E-state index contributed by atoms with van der Waals surface area (Å²) in [6.45, 7) is 2.35. The average Bonchev–Trinajstić information content (AvgIpc) is 2.40. The number of aryl methyl sites for hydroxylation is 1. The second-order valence-corrected chi connectivity index (χ2v) is 4.41. The first kappa shape index (κ1) is 15.2. The van der Waals surface area contributed by atoms with Crippen LogP contribution in [0.15, 0.2) is 42.5 Å². The molecule has 6 heteroatoms. The maximum atomic E-state index is 12.0. The Morgan fingerprint density at radius 1 is 0.952 bits per heavy atom. The SMILES string of the molecule is Cc1cc(Oc2ccc(OC(F)(F)F)cc2)ccc1CN. The van der Waals surface area contributed by atoms with Gasteiger partial charge < -0.3 is 15.2 Å². The van der Waals surface area contributed by atoms with Crippen LogP contribution in [0.4, 0.5) is 13.2 Å². The summed E-state index contributed by atoms with van der Waals surface area (Å²) < 4.78 is 45.5. The van der Waals surface area contributed by atoms with Crippen LogP contribution in [0.3, 0.4) is 0 Å². The Hall–Kier alpha value is -2.21. The molecule has 0 amide bonds. The molecular formula is C15H14F3NO2. The summed E-state index contributed by atoms with van der Waals surface area (Å²) in [5.74, 6) is 0.725. The minimum absolute atomic E-state index is 0.287. The highest BCUT2D eigenvalue weighted by Crippen LogP contribution is 2.28. The fraction of sp³-hybridized carbons (Fsp3) is 0.200. The van der Waals surface area contributed by atoms with Gasteiger partial charge in [0, 0.05) is 6.54 Å². The number of rotatable bonds is 4. The smallest absolute Gasteiger partial charge is 0.457 e. The molecule has 3 nitrogen and oxygen atoms in total. The van der Waals surface area contributed by atoms with Crippen molar-refractivity contribution in [2.75, 3.05) is 0 Å². The Balaban J connectivity index is 2.08. The molecule has 2 N–H and O–H groups in total. The van der Waals surface area contributed by atoms with E-state index in [1.165, 1.54) is 24.3 Å². The zero-order valence-corrected chi connectivity index (χ0v) is 11.3. The molecule has 2 aromatic rings. The first-order valence-electron chi connectivity index (χ1n) is 6.20. The van der Waals surface area contributed by atoms with E-state index in [1.807, 2.05) is 19.1 Å². The van der Waals surface area contributed by atoms with Crippen molar-refractivity contribution < 1.29 is 22.6 Å². The second-order valence-electron chi connectivity index (χ2n) is 4.41. The molecule has 0 unspecified atom stereocenters. The molecule has 0 saturated carbocycles. The summed E-state index contributed by atoms with van der Waals surface area (Å²) in [6.07, 6.45) is -4.70. The second kappa shape index (κ2) is 6.05. The van der Waals surface area contributed by atoms with Gasteiger partial charge >= 0.3 is 6.36 Å². The molecule has 0 aliphatic heterocycles. The number of benzene rings is 2. The molecule has 0 aliphatic rings. The monoisotopic (exact) mass is 297 g/mol. The van der Waals surface area contributed by atoms with Crippen molar-refractivity contribution in [2.45, 2.75) is 19.8 Å². The van der Waals surface area contributed by atoms with Crippen LogP contribution in [0, 0.1) is 6.92 Å². The van der Waals surface area contributed by atoms with Gasteiger partial charge in [-0.25, -0.2) is 0 Å². The van der Waals surface area contributed by atoms with Crippen LogP contribution in [0.2, 0.25) is 0 Å². The maximum Gasteiger partial charge on any atom is 0.573 e. The van der Waals surface area contributed by atoms with E-state index in [0.29, 0.717) is 18.0 Å². The van der Waals surface area contributed by atoms with E-state index in [1.54, 1.807) is 6.07 Å². The lowest BCUT2D eigenvalue weighted by atomic mass is 10.1. The normalized spacial score (nSPS) is 11.3. The summed E-state index contributed by atoms with van der Waals surface area (Å²) in [5, 5.41) is 0. The Morgan fingerprint density at radius 2 is 1.52 bits per heavy atom. The van der Waals surface area contributed by atoms with Crippen LogP contribution < -0.4 is 15.2 Å². The van der Waals surface area contributed by atoms with Crippen LogP contribution in [0.25, 0.3) is 0 Å². The Bertz CT molecular complexity index is 609. The minimum atomic E-state index is -4.70. The van der Waals surface area contributed by atoms with Gasteiger partial charge in [0.2, 0.25) is 0 Å². The quantitative estimate of drug-likeness (QED) is 0.922. The third-order valence-electron chi connectivity index (χ3n) is 2.83. The first-order chi connectivity index (χ1) is 9.87. The van der Waals surface area contributed by atoms with Gasteiger partial charge in [-0.3, -0.25) is 0 Å². The van der Waals surface area contributed by atoms with Gasteiger partial charge in [0.25, 0.3) is 0 Å². The van der Waals surface area contributed by atoms with Crippen molar-refractivity contribution >= 4 is 0 Å². The number of hydrogen-bond acceptors (Lipinski definition) is 3. The van der Waals surface area contributed by atoms with E-state index < -0.39 is 6.36 Å². The van der Waals surface area contributed by atoms with Crippen molar-refractivity contribution in [3.63, 3.8) is 0 Å². The molecule has 0 fully saturated rings. The zero-order chi connectivity index (χ0) is 15.5. The summed E-state index contributed by atoms with van der Waals surface area (Å²) in [5.41, 5.74) is 7.58. The fourth-order valence-corrected chi connectivity index (χ4v) is 1.81. The number of alkyl halides is 3. The molecule has 0 bridgehead atoms. The largest absolute Gasteiger partial charge is 0.573 e. The highest BCUT2D eigenvalue weighted by atomic mass is 19.4. The van der Waals surface area contributed by atoms with E-state index in [9.17, 15) is 13.2 Å². The lowest BCUT2D eigenvalue weighted by Crippen LogP contribution is -2.16. The predicted octanol–water partition coefficient (Wildman–Crippen LogP) is 4.14. The topological polar surface area (TPSA) is 44.5 Å². The molecule has 0 atom stereocenters. The molecule has 2 rings (SSSR count). The van der Waals surface area contributed by atoms with E-state index in [4.69, 9.17) is 10.5 Å². The zero-order valence-electron chi connectivity index (χ0n) is 11.3. The van der Waals surface area contributed by atoms with Crippen LogP contribution in [-0.2, 0) is 6.54 Å². The Kier molecular flexibility index (Phi) is 4.37. The predicted molar refractivity (Wildman–Crippen MR) is 72.3 cm³/mol. The molecule has 21 heavy (non-hydrogen) atoms. The highest BCUT2D eigenvalue weighted by Gasteiger charge is 2.30. The third kappa shape index (κ3) is 4.39. The van der Waals surface area contributed by atoms with Crippen molar-refractivity contribution in [2.24, 2.45) is 5.73 Å². The molecule has 0 heterocycles. The number of hydrogen-bond donors (Lipinski definition) is 1. The van der Waals surface area contributed by atoms with E-state index >= 15 is 0 Å². The van der Waals surface area contributed by atoms with E-state index in [2.05, 4.69) is 4.74 Å². The third-order valence-corrected chi connectivity index (χ3v) is 2.83. The molecule has 0 spiro atoms. The number of halogens is 3. The van der Waals surface area contributed by atoms with Crippen LogP contribution in [0.1, 0.15) is 11.1 Å². The fourth-order valence-electron chi connectivity index (χ4n) is 1.81. The lowest BCUT2D eigenvalue weighted by molar-refractivity contribution is -0.274. The Morgan fingerprint density at radius 3 is 2.05 bits per heavy atom. The van der Waals surface area contributed by atoms with Gasteiger partial charge in [-0.05, 0) is 54.4 Å². The average molecular weight is 297 g/mol. The van der Waals surface area contributed by atoms with Crippen molar-refractivity contribution in [1.29, 1.82) is 0 Å². The highest BCUT2D eigenvalue weighted by molar-refractivity contribution is 5.39. The summed E-state index contributed by atoms with van der Waals surface area (Å²) >= 11 is 0. The van der Waals surface area contributed by atoms with E-state index in [-0.39, 0.29) is 5.75 Å². The molecule has 0 radical (unpaired) electrons. The van der Waals surface area contributed by atoms with Crippen LogP contribution in [-0.4, -0.2) is 6.36 Å². The summed E-state index contributed by atoms with van der Waals surface area (Å²) in [4.78, 5) is 0. The summed E-state index contributed by atoms with van der Waals surface area (Å²) in [7, 11) is 0. The molecule has 112 valence electrons. The standard InChI is InChI=1S/C15H14F3NO2/c1-10-8-14(3-2-11(10)9-19)20-12-4-6-13(7-5-12)21-15(16,17)18/h2-8H,9,19H2,1H3. The van der Waals surface area contributed by atoms with Crippen molar-refractivity contribution in [3.8, 4) is 17.2 Å². The Labute approximate surface area is 120 Å². The minimum Gasteiger partial charge on any atom is -0.457 e. The van der Waals surface area contributed by atoms with Crippen molar-refractivity contribution in [3.05, 3.63) is 53.6 Å². The molecular weight excluding hydrogens is 283 g/mol. The molecule has 0 aromatic heterocycles. The van der Waals surface area contributed by atoms with Crippen LogP contribution >= 0.6 is 0 Å². The molecule has 0 aliphatic carbocycles. The van der Waals surface area contributed by atoms with E-state index in [0.717, 1.165) is 11.1 Å². The van der Waals surface area contributed by atoms with Gasteiger partial charge in [0.15, 0.2) is 0 Å². The maximum absolute atomic E-state index is 12.0. The first-order valence-corrected chi connectivity index (χ1v) is 6.20. The van der Waals surface area contributed by atoms with Gasteiger partial charge in [0.1, 0.15) is 17.2 Å². The van der Waals surface area contributed by atoms with Gasteiger partial charge in [-0.15, -0.1) is 13.2 Å². The van der Waals surface area contributed by atoms with Crippen molar-refractivity contribution in [1.82, 2.24) is 0 Å². The van der Waals surface area contributed by atoms with Gasteiger partial charge in [0.05, 0.1) is 0 Å². The molecule has 2 aromatic carbocycles. The summed E-state index contributed by atoms with van der Waals surface area (Å²) in [6, 6.07) is 10.7. The van der Waals surface area contributed by atoms with Gasteiger partial charge in [-0.1, -0.05) is 6.07 Å². The number of nitrogens with two attached hydrogens (primary N) is 1.